The number of carbonyl (C=O) groups excluding carboxylic acids is 1. The minimum absolute atomic E-state index is 0.00824. The van der Waals surface area contributed by atoms with Crippen molar-refractivity contribution in [3.05, 3.63) is 58.1 Å². The molecule has 2 aromatic carbocycles. The number of fused-ring (bicyclic) bond motifs is 2. The van der Waals surface area contributed by atoms with Crippen LogP contribution in [0.2, 0.25) is 0 Å². The van der Waals surface area contributed by atoms with E-state index in [2.05, 4.69) is 0 Å². The number of phenolic OH excluding ortho intramolecular Hbond substituents is 2. The summed E-state index contributed by atoms with van der Waals surface area (Å²) in [6.45, 7) is 2.02. The molecule has 0 radical (unpaired) electrons. The number of carbonyl (C=O) groups is 1. The molecule has 0 unspecified atom stereocenters. The lowest BCUT2D eigenvalue weighted by Crippen LogP contribution is -2.17. The first-order valence-electron chi connectivity index (χ1n) is 6.32. The first kappa shape index (κ1) is 11.8. The van der Waals surface area contributed by atoms with Gasteiger partial charge in [0.05, 0.1) is 11.1 Å². The van der Waals surface area contributed by atoms with Gasteiger partial charge >= 0.3 is 0 Å². The van der Waals surface area contributed by atoms with Crippen molar-refractivity contribution in [2.45, 2.75) is 19.8 Å². The zero-order valence-electron chi connectivity index (χ0n) is 10.6. The monoisotopic (exact) mass is 254 g/mol. The van der Waals surface area contributed by atoms with E-state index in [1.54, 1.807) is 12.1 Å². The number of hydrogen-bond donors (Lipinski definition) is 2. The van der Waals surface area contributed by atoms with Gasteiger partial charge in [0.25, 0.3) is 0 Å². The normalized spacial score (nSPS) is 13.0. The van der Waals surface area contributed by atoms with Gasteiger partial charge in [-0.15, -0.1) is 0 Å². The lowest BCUT2D eigenvalue weighted by atomic mass is 9.81. The standard InChI is InChI=1S/C16H14O3/c1-2-9-6-7-13(18)15-11(9)8-10-4-3-5-12(17)14(10)16(15)19/h3-7,17-18H,2,8H2,1H3. The first-order chi connectivity index (χ1) is 9.13. The number of aromatic hydroxyl groups is 2. The maximum absolute atomic E-state index is 12.5. The summed E-state index contributed by atoms with van der Waals surface area (Å²) in [7, 11) is 0. The number of ketones is 1. The Morgan fingerprint density at radius 2 is 1.79 bits per heavy atom. The summed E-state index contributed by atoms with van der Waals surface area (Å²) in [4.78, 5) is 12.5. The van der Waals surface area contributed by atoms with Crippen LogP contribution in [0.5, 0.6) is 11.5 Å². The predicted octanol–water partition coefficient (Wildman–Crippen LogP) is 2.80. The molecule has 3 heteroatoms. The third-order valence-electron chi connectivity index (χ3n) is 3.72. The maximum atomic E-state index is 12.5. The molecule has 0 atom stereocenters. The first-order valence-corrected chi connectivity index (χ1v) is 6.32. The van der Waals surface area contributed by atoms with Gasteiger partial charge in [-0.3, -0.25) is 4.79 Å². The van der Waals surface area contributed by atoms with Crippen molar-refractivity contribution in [1.82, 2.24) is 0 Å². The van der Waals surface area contributed by atoms with E-state index in [0.717, 1.165) is 23.1 Å². The van der Waals surface area contributed by atoms with Crippen LogP contribution >= 0.6 is 0 Å². The zero-order valence-corrected chi connectivity index (χ0v) is 10.6. The summed E-state index contributed by atoms with van der Waals surface area (Å²) < 4.78 is 0. The highest BCUT2D eigenvalue weighted by molar-refractivity contribution is 6.15. The number of hydrogen-bond acceptors (Lipinski definition) is 3. The van der Waals surface area contributed by atoms with E-state index in [9.17, 15) is 15.0 Å². The fourth-order valence-electron chi connectivity index (χ4n) is 2.78. The Hall–Kier alpha value is -2.29. The smallest absolute Gasteiger partial charge is 0.201 e. The van der Waals surface area contributed by atoms with Gasteiger partial charge in [-0.05, 0) is 41.7 Å². The molecule has 0 saturated heterocycles. The number of aryl methyl sites for hydroxylation is 1. The summed E-state index contributed by atoms with van der Waals surface area (Å²) in [5, 5.41) is 19.8. The van der Waals surface area contributed by atoms with Crippen LogP contribution < -0.4 is 0 Å². The van der Waals surface area contributed by atoms with E-state index in [1.807, 2.05) is 19.1 Å². The van der Waals surface area contributed by atoms with Gasteiger partial charge < -0.3 is 10.2 Å². The summed E-state index contributed by atoms with van der Waals surface area (Å²) >= 11 is 0. The van der Waals surface area contributed by atoms with Crippen LogP contribution in [-0.2, 0) is 12.8 Å². The van der Waals surface area contributed by atoms with Crippen LogP contribution in [-0.4, -0.2) is 16.0 Å². The van der Waals surface area contributed by atoms with Crippen LogP contribution in [0.4, 0.5) is 0 Å². The second-order valence-corrected chi connectivity index (χ2v) is 4.77. The minimum Gasteiger partial charge on any atom is -0.507 e. The van der Waals surface area contributed by atoms with Crippen LogP contribution in [0.15, 0.2) is 30.3 Å². The minimum atomic E-state index is -0.290. The van der Waals surface area contributed by atoms with Crippen molar-refractivity contribution in [1.29, 1.82) is 0 Å². The molecule has 0 fully saturated rings. The van der Waals surface area contributed by atoms with E-state index in [0.29, 0.717) is 17.5 Å². The maximum Gasteiger partial charge on any atom is 0.201 e. The van der Waals surface area contributed by atoms with E-state index in [4.69, 9.17) is 0 Å². The van der Waals surface area contributed by atoms with Crippen molar-refractivity contribution in [2.75, 3.05) is 0 Å². The molecule has 2 aromatic rings. The molecule has 96 valence electrons. The molecule has 0 bridgehead atoms. The molecule has 0 amide bonds. The molecule has 2 N–H and O–H groups in total. The van der Waals surface area contributed by atoms with Crippen molar-refractivity contribution < 1.29 is 15.0 Å². The molecule has 1 aliphatic carbocycles. The number of benzene rings is 2. The van der Waals surface area contributed by atoms with E-state index >= 15 is 0 Å². The van der Waals surface area contributed by atoms with Gasteiger partial charge in [-0.25, -0.2) is 0 Å². The van der Waals surface area contributed by atoms with Gasteiger partial charge in [-0.2, -0.15) is 0 Å². The van der Waals surface area contributed by atoms with Crippen molar-refractivity contribution in [3.8, 4) is 11.5 Å². The molecule has 1 aliphatic rings. The van der Waals surface area contributed by atoms with Crippen molar-refractivity contribution in [3.63, 3.8) is 0 Å². The van der Waals surface area contributed by atoms with E-state index < -0.39 is 0 Å². The second-order valence-electron chi connectivity index (χ2n) is 4.77. The van der Waals surface area contributed by atoms with Crippen LogP contribution in [0, 0.1) is 0 Å². The van der Waals surface area contributed by atoms with Crippen LogP contribution in [0.25, 0.3) is 0 Å². The molecule has 3 rings (SSSR count). The Balaban J connectivity index is 2.30. The molecule has 3 nitrogen and oxygen atoms in total. The molecule has 0 spiro atoms. The predicted molar refractivity (Wildman–Crippen MR) is 71.8 cm³/mol. The average molecular weight is 254 g/mol. The molecular formula is C16H14O3. The Morgan fingerprint density at radius 3 is 2.53 bits per heavy atom. The lowest BCUT2D eigenvalue weighted by Gasteiger charge is -2.22. The van der Waals surface area contributed by atoms with E-state index in [-0.39, 0.29) is 17.3 Å². The average Bonchev–Trinajstić information content (AvgIpc) is 2.39. The summed E-state index contributed by atoms with van der Waals surface area (Å²) in [5.41, 5.74) is 3.42. The molecular weight excluding hydrogens is 240 g/mol. The zero-order chi connectivity index (χ0) is 13.6. The van der Waals surface area contributed by atoms with Gasteiger partial charge in [0.1, 0.15) is 11.5 Å². The fraction of sp³-hybridized carbons (Fsp3) is 0.188. The van der Waals surface area contributed by atoms with Crippen molar-refractivity contribution in [2.24, 2.45) is 0 Å². The molecule has 0 aromatic heterocycles. The Labute approximate surface area is 111 Å². The van der Waals surface area contributed by atoms with Gasteiger partial charge in [-0.1, -0.05) is 25.1 Å². The van der Waals surface area contributed by atoms with Gasteiger partial charge in [0.15, 0.2) is 0 Å². The quantitative estimate of drug-likeness (QED) is 0.702. The van der Waals surface area contributed by atoms with Gasteiger partial charge in [0, 0.05) is 0 Å². The van der Waals surface area contributed by atoms with Gasteiger partial charge in [0.2, 0.25) is 5.78 Å². The molecule has 0 aliphatic heterocycles. The molecule has 0 saturated carbocycles. The van der Waals surface area contributed by atoms with Crippen LogP contribution in [0.1, 0.15) is 39.5 Å². The highest BCUT2D eigenvalue weighted by atomic mass is 16.3. The Morgan fingerprint density at radius 1 is 1.05 bits per heavy atom. The summed E-state index contributed by atoms with van der Waals surface area (Å²) in [6.07, 6.45) is 1.38. The Bertz CT molecular complexity index is 687. The Kier molecular flexibility index (Phi) is 2.56. The second kappa shape index (κ2) is 4.12. The highest BCUT2D eigenvalue weighted by Gasteiger charge is 2.29. The molecule has 19 heavy (non-hydrogen) atoms. The lowest BCUT2D eigenvalue weighted by molar-refractivity contribution is 0.102. The van der Waals surface area contributed by atoms with Crippen molar-refractivity contribution >= 4 is 5.78 Å². The largest absolute Gasteiger partial charge is 0.507 e. The summed E-state index contributed by atoms with van der Waals surface area (Å²) in [5.74, 6) is -0.317. The molecule has 0 heterocycles. The van der Waals surface area contributed by atoms with Crippen LogP contribution in [0.3, 0.4) is 0 Å². The van der Waals surface area contributed by atoms with E-state index in [1.165, 1.54) is 6.07 Å². The third kappa shape index (κ3) is 1.62. The fourth-order valence-corrected chi connectivity index (χ4v) is 2.78. The summed E-state index contributed by atoms with van der Waals surface area (Å²) in [6, 6.07) is 8.50. The SMILES string of the molecule is CCc1ccc(O)c2c1Cc1cccc(O)c1C2=O. The number of phenols is 2. The third-order valence-corrected chi connectivity index (χ3v) is 3.72. The topological polar surface area (TPSA) is 57.5 Å². The highest BCUT2D eigenvalue weighted by Crippen LogP contribution is 2.37. The number of rotatable bonds is 1.